The summed E-state index contributed by atoms with van der Waals surface area (Å²) in [5.41, 5.74) is 11.2. The molecule has 2 aromatic rings. The number of carbonyl (C=O) groups is 1. The van der Waals surface area contributed by atoms with Crippen molar-refractivity contribution in [3.8, 4) is 0 Å². The van der Waals surface area contributed by atoms with Gasteiger partial charge in [-0.05, 0) is 33.7 Å². The molecule has 0 saturated heterocycles. The lowest BCUT2D eigenvalue weighted by atomic mass is 9.76. The first kappa shape index (κ1) is 17.7. The molecule has 1 amide bonds. The van der Waals surface area contributed by atoms with Gasteiger partial charge in [0.2, 0.25) is 5.91 Å². The zero-order valence-corrected chi connectivity index (χ0v) is 16.7. The molecule has 0 bridgehead atoms. The molecule has 1 aliphatic carbocycles. The van der Waals surface area contributed by atoms with Gasteiger partial charge in [0.1, 0.15) is 0 Å². The smallest absolute Gasteiger partial charge is 0.249 e. The van der Waals surface area contributed by atoms with Crippen molar-refractivity contribution in [2.75, 3.05) is 0 Å². The third kappa shape index (κ3) is 3.09. The van der Waals surface area contributed by atoms with Gasteiger partial charge in [0, 0.05) is 11.5 Å². The van der Waals surface area contributed by atoms with Crippen LogP contribution >= 0.6 is 0 Å². The van der Waals surface area contributed by atoms with E-state index in [1.807, 2.05) is 6.07 Å². The van der Waals surface area contributed by atoms with Crippen molar-refractivity contribution in [3.05, 3.63) is 70.3 Å². The summed E-state index contributed by atoms with van der Waals surface area (Å²) in [5.74, 6) is -0.145. The van der Waals surface area contributed by atoms with Gasteiger partial charge in [-0.15, -0.1) is 0 Å². The Morgan fingerprint density at radius 2 is 1.76 bits per heavy atom. The van der Waals surface area contributed by atoms with Crippen LogP contribution < -0.4 is 10.9 Å². The van der Waals surface area contributed by atoms with Crippen molar-refractivity contribution in [2.45, 2.75) is 45.2 Å². The van der Waals surface area contributed by atoms with Crippen LogP contribution in [0.4, 0.5) is 0 Å². The van der Waals surface area contributed by atoms with E-state index in [0.717, 1.165) is 5.56 Å². The molecule has 0 fully saturated rings. The average Bonchev–Trinajstić information content (AvgIpc) is 2.96. The molecule has 2 aromatic carbocycles. The van der Waals surface area contributed by atoms with Gasteiger partial charge in [-0.3, -0.25) is 4.79 Å². The predicted molar refractivity (Wildman–Crippen MR) is 108 cm³/mol. The number of amides is 1. The SMILES string of the molecule is C[Si](C)c1ccc(C(N)=O)c(C(C)(C)C)c1C1C=Cc2ccccc21. The summed E-state index contributed by atoms with van der Waals surface area (Å²) >= 11 is 0. The van der Waals surface area contributed by atoms with Crippen LogP contribution in [0.15, 0.2) is 42.5 Å². The Morgan fingerprint density at radius 3 is 2.36 bits per heavy atom. The predicted octanol–water partition coefficient (Wildman–Crippen LogP) is 4.20. The summed E-state index contributed by atoms with van der Waals surface area (Å²) in [6.07, 6.45) is 4.47. The molecule has 25 heavy (non-hydrogen) atoms. The van der Waals surface area contributed by atoms with Crippen LogP contribution in [0.2, 0.25) is 13.1 Å². The van der Waals surface area contributed by atoms with Crippen LogP contribution in [-0.2, 0) is 5.41 Å². The maximum atomic E-state index is 12.2. The van der Waals surface area contributed by atoms with Gasteiger partial charge in [0.25, 0.3) is 0 Å². The Hall–Kier alpha value is -2.13. The Labute approximate surface area is 152 Å². The van der Waals surface area contributed by atoms with E-state index in [2.05, 4.69) is 76.3 Å². The van der Waals surface area contributed by atoms with Gasteiger partial charge >= 0.3 is 0 Å². The fraction of sp³-hybridized carbons (Fsp3) is 0.318. The summed E-state index contributed by atoms with van der Waals surface area (Å²) in [6.45, 7) is 11.1. The minimum absolute atomic E-state index is 0.154. The van der Waals surface area contributed by atoms with Crippen LogP contribution in [-0.4, -0.2) is 14.7 Å². The van der Waals surface area contributed by atoms with E-state index < -0.39 is 8.80 Å². The van der Waals surface area contributed by atoms with Crippen molar-refractivity contribution < 1.29 is 4.79 Å². The van der Waals surface area contributed by atoms with Gasteiger partial charge in [-0.25, -0.2) is 0 Å². The molecule has 0 spiro atoms. The highest BCUT2D eigenvalue weighted by Crippen LogP contribution is 2.40. The number of primary amides is 1. The number of hydrogen-bond acceptors (Lipinski definition) is 1. The second-order valence-corrected chi connectivity index (χ2v) is 10.6. The van der Waals surface area contributed by atoms with Crippen molar-refractivity contribution in [1.82, 2.24) is 0 Å². The minimum atomic E-state index is -0.690. The second-order valence-electron chi connectivity index (χ2n) is 8.03. The first-order valence-electron chi connectivity index (χ1n) is 8.76. The van der Waals surface area contributed by atoms with Crippen LogP contribution in [0.25, 0.3) is 6.08 Å². The molecule has 0 aromatic heterocycles. The van der Waals surface area contributed by atoms with Gasteiger partial charge in [-0.1, -0.05) is 81.5 Å². The molecule has 1 atom stereocenters. The summed E-state index contributed by atoms with van der Waals surface area (Å²) in [6, 6.07) is 12.6. The second kappa shape index (κ2) is 6.30. The van der Waals surface area contributed by atoms with Crippen LogP contribution in [0.3, 0.4) is 0 Å². The lowest BCUT2D eigenvalue weighted by Gasteiger charge is -2.31. The Kier molecular flexibility index (Phi) is 4.46. The third-order valence-electron chi connectivity index (χ3n) is 4.91. The Bertz CT molecular complexity index is 859. The van der Waals surface area contributed by atoms with E-state index in [9.17, 15) is 4.79 Å². The molecule has 3 heteroatoms. The standard InChI is InChI=1S/C22H26NOSi/c1-22(2,3)20-17(21(23)24)12-13-18(25(4)5)19(20)16-11-10-14-8-6-7-9-15(14)16/h6-13,16H,1-5H3,(H2,23,24). The molecule has 1 unspecified atom stereocenters. The Morgan fingerprint density at radius 1 is 1.08 bits per heavy atom. The number of hydrogen-bond donors (Lipinski definition) is 1. The quantitative estimate of drug-likeness (QED) is 0.830. The van der Waals surface area contributed by atoms with Crippen LogP contribution in [0.5, 0.6) is 0 Å². The summed E-state index contributed by atoms with van der Waals surface area (Å²) in [7, 11) is -0.690. The van der Waals surface area contributed by atoms with Crippen LogP contribution in [0, 0.1) is 0 Å². The van der Waals surface area contributed by atoms with Gasteiger partial charge < -0.3 is 5.73 Å². The van der Waals surface area contributed by atoms with Crippen molar-refractivity contribution in [2.24, 2.45) is 5.73 Å². The first-order valence-corrected chi connectivity index (χ1v) is 11.3. The van der Waals surface area contributed by atoms with E-state index in [1.165, 1.54) is 21.9 Å². The number of allylic oxidation sites excluding steroid dienone is 1. The topological polar surface area (TPSA) is 43.1 Å². The Balaban J connectivity index is 2.36. The maximum Gasteiger partial charge on any atom is 0.249 e. The highest BCUT2D eigenvalue weighted by molar-refractivity contribution is 6.71. The lowest BCUT2D eigenvalue weighted by molar-refractivity contribution is 0.0998. The monoisotopic (exact) mass is 348 g/mol. The minimum Gasteiger partial charge on any atom is -0.366 e. The third-order valence-corrected chi connectivity index (χ3v) is 6.42. The van der Waals surface area contributed by atoms with Gasteiger partial charge in [0.15, 0.2) is 0 Å². The fourth-order valence-corrected chi connectivity index (χ4v) is 5.13. The maximum absolute atomic E-state index is 12.2. The molecule has 2 N–H and O–H groups in total. The largest absolute Gasteiger partial charge is 0.366 e. The number of rotatable bonds is 3. The molecular formula is C22H26NOSi. The molecule has 3 rings (SSSR count). The highest BCUT2D eigenvalue weighted by Gasteiger charge is 2.32. The summed E-state index contributed by atoms with van der Waals surface area (Å²) in [5, 5.41) is 1.39. The van der Waals surface area contributed by atoms with E-state index in [0.29, 0.717) is 5.56 Å². The molecule has 1 radical (unpaired) electrons. The molecule has 2 nitrogen and oxygen atoms in total. The number of benzene rings is 2. The molecular weight excluding hydrogens is 322 g/mol. The van der Waals surface area contributed by atoms with Gasteiger partial charge in [-0.2, -0.15) is 0 Å². The van der Waals surface area contributed by atoms with Crippen LogP contribution in [0.1, 0.15) is 59.3 Å². The van der Waals surface area contributed by atoms with E-state index in [1.54, 1.807) is 0 Å². The van der Waals surface area contributed by atoms with Crippen molar-refractivity contribution in [1.29, 1.82) is 0 Å². The molecule has 1 aliphatic rings. The normalized spacial score (nSPS) is 16.3. The first-order chi connectivity index (χ1) is 11.7. The lowest BCUT2D eigenvalue weighted by Crippen LogP contribution is -2.34. The molecule has 0 heterocycles. The van der Waals surface area contributed by atoms with Crippen molar-refractivity contribution >= 4 is 26.0 Å². The number of nitrogens with two attached hydrogens (primary N) is 1. The van der Waals surface area contributed by atoms with E-state index in [4.69, 9.17) is 5.73 Å². The van der Waals surface area contributed by atoms with Gasteiger partial charge in [0.05, 0.1) is 8.80 Å². The van der Waals surface area contributed by atoms with E-state index in [-0.39, 0.29) is 17.2 Å². The fourth-order valence-electron chi connectivity index (χ4n) is 3.89. The molecule has 0 saturated carbocycles. The summed E-state index contributed by atoms with van der Waals surface area (Å²) in [4.78, 5) is 12.2. The highest BCUT2D eigenvalue weighted by atomic mass is 28.3. The summed E-state index contributed by atoms with van der Waals surface area (Å²) < 4.78 is 0. The molecule has 0 aliphatic heterocycles. The van der Waals surface area contributed by atoms with E-state index >= 15 is 0 Å². The zero-order chi connectivity index (χ0) is 18.4. The number of carbonyl (C=O) groups excluding carboxylic acids is 1. The zero-order valence-electron chi connectivity index (χ0n) is 15.7. The number of fused-ring (bicyclic) bond motifs is 1. The van der Waals surface area contributed by atoms with Crippen molar-refractivity contribution in [3.63, 3.8) is 0 Å². The molecule has 129 valence electrons. The average molecular weight is 349 g/mol.